The molecule has 0 radical (unpaired) electrons. The summed E-state index contributed by atoms with van der Waals surface area (Å²) in [6.07, 6.45) is 5.31. The lowest BCUT2D eigenvalue weighted by Crippen LogP contribution is -2.31. The van der Waals surface area contributed by atoms with Gasteiger partial charge < -0.3 is 15.4 Å². The van der Waals surface area contributed by atoms with Crippen LogP contribution in [-0.2, 0) is 0 Å². The summed E-state index contributed by atoms with van der Waals surface area (Å²) >= 11 is 0. The molecule has 0 spiro atoms. The number of anilines is 1. The molecule has 0 saturated carbocycles. The van der Waals surface area contributed by atoms with Gasteiger partial charge in [-0.25, -0.2) is 4.98 Å². The Kier molecular flexibility index (Phi) is 5.27. The van der Waals surface area contributed by atoms with Gasteiger partial charge in [-0.05, 0) is 50.4 Å². The first-order valence-electron chi connectivity index (χ1n) is 6.92. The number of pyridine rings is 1. The zero-order valence-electron chi connectivity index (χ0n) is 11.1. The fourth-order valence-corrected chi connectivity index (χ4v) is 2.18. The predicted molar refractivity (Wildman–Crippen MR) is 74.1 cm³/mol. The molecule has 4 nitrogen and oxygen atoms in total. The van der Waals surface area contributed by atoms with Crippen LogP contribution in [0.5, 0.6) is 5.75 Å². The number of hydrogen-bond acceptors (Lipinski definition) is 4. The molecule has 1 aromatic heterocycles. The second-order valence-corrected chi connectivity index (χ2v) is 4.77. The van der Waals surface area contributed by atoms with E-state index in [4.69, 9.17) is 4.74 Å². The molecule has 2 heterocycles. The first-order valence-corrected chi connectivity index (χ1v) is 6.92. The number of aromatic nitrogens is 1. The summed E-state index contributed by atoms with van der Waals surface area (Å²) in [6.45, 7) is 6.11. The van der Waals surface area contributed by atoms with E-state index in [-0.39, 0.29) is 0 Å². The van der Waals surface area contributed by atoms with Gasteiger partial charge in [-0.2, -0.15) is 0 Å². The Morgan fingerprint density at radius 3 is 3.06 bits per heavy atom. The highest BCUT2D eigenvalue weighted by Crippen LogP contribution is 2.22. The second kappa shape index (κ2) is 7.21. The normalized spacial score (nSPS) is 16.5. The van der Waals surface area contributed by atoms with Crippen LogP contribution in [0.4, 0.5) is 5.82 Å². The minimum Gasteiger partial charge on any atom is -0.490 e. The average molecular weight is 249 g/mol. The van der Waals surface area contributed by atoms with E-state index in [1.807, 2.05) is 18.3 Å². The Labute approximate surface area is 109 Å². The second-order valence-electron chi connectivity index (χ2n) is 4.77. The van der Waals surface area contributed by atoms with Crippen LogP contribution in [0.3, 0.4) is 0 Å². The third kappa shape index (κ3) is 3.88. The minimum atomic E-state index is 0.743. The molecule has 1 fully saturated rings. The number of nitrogens with zero attached hydrogens (tertiary/aromatic N) is 1. The zero-order chi connectivity index (χ0) is 12.6. The molecule has 1 aliphatic heterocycles. The van der Waals surface area contributed by atoms with E-state index in [0.29, 0.717) is 0 Å². The predicted octanol–water partition coefficient (Wildman–Crippen LogP) is 2.28. The van der Waals surface area contributed by atoms with Crippen LogP contribution in [0.15, 0.2) is 18.3 Å². The summed E-state index contributed by atoms with van der Waals surface area (Å²) in [6, 6.07) is 3.90. The Hall–Kier alpha value is -1.29. The first kappa shape index (κ1) is 13.1. The number of rotatable bonds is 6. The van der Waals surface area contributed by atoms with E-state index in [2.05, 4.69) is 22.5 Å². The van der Waals surface area contributed by atoms with Crippen molar-refractivity contribution in [1.82, 2.24) is 10.3 Å². The fourth-order valence-electron chi connectivity index (χ4n) is 2.18. The van der Waals surface area contributed by atoms with Crippen LogP contribution in [0.25, 0.3) is 0 Å². The quantitative estimate of drug-likeness (QED) is 0.812. The van der Waals surface area contributed by atoms with E-state index in [0.717, 1.165) is 50.1 Å². The van der Waals surface area contributed by atoms with E-state index in [1.165, 1.54) is 12.8 Å². The highest BCUT2D eigenvalue weighted by molar-refractivity contribution is 5.49. The average Bonchev–Trinajstić information content (AvgIpc) is 2.45. The molecule has 1 aromatic rings. The number of piperidine rings is 1. The summed E-state index contributed by atoms with van der Waals surface area (Å²) < 4.78 is 5.69. The van der Waals surface area contributed by atoms with Gasteiger partial charge in [0.25, 0.3) is 0 Å². The summed E-state index contributed by atoms with van der Waals surface area (Å²) in [5.74, 6) is 2.49. The largest absolute Gasteiger partial charge is 0.490 e. The summed E-state index contributed by atoms with van der Waals surface area (Å²) in [5, 5.41) is 6.81. The lowest BCUT2D eigenvalue weighted by atomic mass is 9.98. The van der Waals surface area contributed by atoms with Crippen molar-refractivity contribution in [1.29, 1.82) is 0 Å². The summed E-state index contributed by atoms with van der Waals surface area (Å²) in [7, 11) is 0. The molecule has 18 heavy (non-hydrogen) atoms. The van der Waals surface area contributed by atoms with Crippen LogP contribution < -0.4 is 15.4 Å². The van der Waals surface area contributed by atoms with E-state index >= 15 is 0 Å². The molecule has 0 amide bonds. The van der Waals surface area contributed by atoms with Gasteiger partial charge in [0.05, 0.1) is 6.61 Å². The van der Waals surface area contributed by atoms with E-state index in [9.17, 15) is 0 Å². The summed E-state index contributed by atoms with van der Waals surface area (Å²) in [5.41, 5.74) is 0. The maximum Gasteiger partial charge on any atom is 0.168 e. The Morgan fingerprint density at radius 2 is 2.28 bits per heavy atom. The van der Waals surface area contributed by atoms with Crippen LogP contribution >= 0.6 is 0 Å². The Morgan fingerprint density at radius 1 is 1.44 bits per heavy atom. The Balaban J connectivity index is 1.87. The van der Waals surface area contributed by atoms with Crippen molar-refractivity contribution in [2.45, 2.75) is 26.2 Å². The highest BCUT2D eigenvalue weighted by atomic mass is 16.5. The maximum atomic E-state index is 5.69. The first-order chi connectivity index (χ1) is 8.90. The van der Waals surface area contributed by atoms with Crippen molar-refractivity contribution in [3.8, 4) is 5.75 Å². The van der Waals surface area contributed by atoms with Crippen molar-refractivity contribution < 1.29 is 4.74 Å². The van der Waals surface area contributed by atoms with Gasteiger partial charge in [-0.15, -0.1) is 0 Å². The molecule has 0 aromatic carbocycles. The maximum absolute atomic E-state index is 5.69. The third-order valence-electron chi connectivity index (χ3n) is 3.25. The number of ether oxygens (including phenoxy) is 1. The standard InChI is InChI=1S/C14H23N3O/c1-2-10-18-13-4-3-7-16-14(13)17-11-12-5-8-15-9-6-12/h3-4,7,12,15H,2,5-6,8-11H2,1H3,(H,16,17). The third-order valence-corrected chi connectivity index (χ3v) is 3.25. The van der Waals surface area contributed by atoms with Gasteiger partial charge in [-0.1, -0.05) is 6.92 Å². The lowest BCUT2D eigenvalue weighted by Gasteiger charge is -2.23. The molecule has 100 valence electrons. The molecular formula is C14H23N3O. The van der Waals surface area contributed by atoms with Gasteiger partial charge in [-0.3, -0.25) is 0 Å². The topological polar surface area (TPSA) is 46.2 Å². The molecule has 0 atom stereocenters. The molecular weight excluding hydrogens is 226 g/mol. The highest BCUT2D eigenvalue weighted by Gasteiger charge is 2.13. The van der Waals surface area contributed by atoms with Crippen molar-refractivity contribution in [2.24, 2.45) is 5.92 Å². The fraction of sp³-hybridized carbons (Fsp3) is 0.643. The van der Waals surface area contributed by atoms with Gasteiger partial charge in [0.15, 0.2) is 11.6 Å². The molecule has 2 rings (SSSR count). The van der Waals surface area contributed by atoms with Gasteiger partial charge in [0, 0.05) is 12.7 Å². The SMILES string of the molecule is CCCOc1cccnc1NCC1CCNCC1. The monoisotopic (exact) mass is 249 g/mol. The smallest absolute Gasteiger partial charge is 0.168 e. The van der Waals surface area contributed by atoms with Crippen LogP contribution in [0.1, 0.15) is 26.2 Å². The van der Waals surface area contributed by atoms with Gasteiger partial charge in [0.2, 0.25) is 0 Å². The molecule has 0 unspecified atom stereocenters. The van der Waals surface area contributed by atoms with Crippen LogP contribution in [-0.4, -0.2) is 31.2 Å². The molecule has 2 N–H and O–H groups in total. The van der Waals surface area contributed by atoms with Crippen molar-refractivity contribution in [2.75, 3.05) is 31.6 Å². The number of hydrogen-bond donors (Lipinski definition) is 2. The Bertz CT molecular complexity index is 351. The van der Waals surface area contributed by atoms with E-state index in [1.54, 1.807) is 0 Å². The molecule has 0 aliphatic carbocycles. The van der Waals surface area contributed by atoms with Gasteiger partial charge in [0.1, 0.15) is 0 Å². The van der Waals surface area contributed by atoms with Crippen LogP contribution in [0.2, 0.25) is 0 Å². The molecule has 1 aliphatic rings. The minimum absolute atomic E-state index is 0.743. The summed E-state index contributed by atoms with van der Waals surface area (Å²) in [4.78, 5) is 4.36. The molecule has 1 saturated heterocycles. The van der Waals surface area contributed by atoms with Gasteiger partial charge >= 0.3 is 0 Å². The van der Waals surface area contributed by atoms with Crippen molar-refractivity contribution >= 4 is 5.82 Å². The zero-order valence-corrected chi connectivity index (χ0v) is 11.1. The van der Waals surface area contributed by atoms with E-state index < -0.39 is 0 Å². The lowest BCUT2D eigenvalue weighted by molar-refractivity contribution is 0.317. The number of nitrogens with one attached hydrogen (secondary N) is 2. The molecule has 0 bridgehead atoms. The van der Waals surface area contributed by atoms with Crippen molar-refractivity contribution in [3.05, 3.63) is 18.3 Å². The molecule has 4 heteroatoms. The van der Waals surface area contributed by atoms with Crippen molar-refractivity contribution in [3.63, 3.8) is 0 Å². The van der Waals surface area contributed by atoms with Crippen LogP contribution in [0, 0.1) is 5.92 Å².